The number of anilines is 1. The van der Waals surface area contributed by atoms with Crippen LogP contribution in [0.4, 0.5) is 5.69 Å². The first-order valence-electron chi connectivity index (χ1n) is 10.2. The number of benzene rings is 2. The van der Waals surface area contributed by atoms with Gasteiger partial charge in [-0.15, -0.1) is 0 Å². The van der Waals surface area contributed by atoms with Gasteiger partial charge in [-0.05, 0) is 35.7 Å². The molecule has 0 radical (unpaired) electrons. The van der Waals surface area contributed by atoms with Crippen LogP contribution in [-0.4, -0.2) is 54.1 Å². The van der Waals surface area contributed by atoms with Crippen molar-refractivity contribution in [2.24, 2.45) is 0 Å². The summed E-state index contributed by atoms with van der Waals surface area (Å²) in [6.45, 7) is 7.91. The highest BCUT2D eigenvalue weighted by atomic mass is 35.5. The molecular formula is C23H33ClN2O3. The van der Waals surface area contributed by atoms with Crippen molar-refractivity contribution in [3.05, 3.63) is 47.5 Å². The first-order chi connectivity index (χ1) is 13.7. The number of hydrogen-bond donors (Lipinski definition) is 1. The van der Waals surface area contributed by atoms with Gasteiger partial charge in [-0.2, -0.15) is 0 Å². The molecule has 3 rings (SSSR count). The quantitative estimate of drug-likeness (QED) is 0.608. The number of rotatable bonds is 8. The predicted molar refractivity (Wildman–Crippen MR) is 113 cm³/mol. The minimum Gasteiger partial charge on any atom is -1.00 e. The fourth-order valence-corrected chi connectivity index (χ4v) is 4.03. The van der Waals surface area contributed by atoms with Crippen LogP contribution in [0.25, 0.3) is 0 Å². The Balaban J connectivity index is 0.00000300. The molecule has 1 aliphatic heterocycles. The van der Waals surface area contributed by atoms with Crippen LogP contribution in [0.1, 0.15) is 18.1 Å². The van der Waals surface area contributed by atoms with E-state index >= 15 is 0 Å². The van der Waals surface area contributed by atoms with Crippen molar-refractivity contribution in [2.45, 2.75) is 19.8 Å². The summed E-state index contributed by atoms with van der Waals surface area (Å²) in [5.74, 6) is 2.12. The number of aryl methyl sites for hydroxylation is 1. The molecule has 0 atom stereocenters. The summed E-state index contributed by atoms with van der Waals surface area (Å²) in [4.78, 5) is 4.20. The molecule has 1 heterocycles. The van der Waals surface area contributed by atoms with E-state index < -0.39 is 0 Å². The monoisotopic (exact) mass is 420 g/mol. The maximum absolute atomic E-state index is 5.48. The summed E-state index contributed by atoms with van der Waals surface area (Å²) < 4.78 is 16.4. The Morgan fingerprint density at radius 3 is 2.10 bits per heavy atom. The third-order valence-electron chi connectivity index (χ3n) is 5.68. The normalized spacial score (nSPS) is 14.3. The molecule has 0 spiro atoms. The van der Waals surface area contributed by atoms with Gasteiger partial charge in [-0.25, -0.2) is 0 Å². The summed E-state index contributed by atoms with van der Waals surface area (Å²) in [7, 11) is 4.97. The number of piperazine rings is 1. The van der Waals surface area contributed by atoms with Crippen molar-refractivity contribution in [1.82, 2.24) is 0 Å². The molecule has 5 nitrogen and oxygen atoms in total. The number of para-hydroxylation sites is 1. The molecule has 2 aromatic carbocycles. The Hall–Kier alpha value is -2.11. The molecule has 29 heavy (non-hydrogen) atoms. The SMILES string of the molecule is CCc1ccccc1N1CC[NH+](CCc2cc(OC)c(OC)c(OC)c2)CC1.[Cl-]. The van der Waals surface area contributed by atoms with Gasteiger partial charge >= 0.3 is 0 Å². The van der Waals surface area contributed by atoms with Crippen LogP contribution in [0.15, 0.2) is 36.4 Å². The minimum atomic E-state index is 0. The third kappa shape index (κ3) is 5.49. The average molecular weight is 421 g/mol. The minimum absolute atomic E-state index is 0. The molecule has 1 aliphatic rings. The lowest BCUT2D eigenvalue weighted by atomic mass is 10.1. The van der Waals surface area contributed by atoms with Crippen LogP contribution in [-0.2, 0) is 12.8 Å². The number of hydrogen-bond acceptors (Lipinski definition) is 4. The van der Waals surface area contributed by atoms with Gasteiger partial charge in [0.25, 0.3) is 0 Å². The number of quaternary nitrogens is 1. The number of nitrogens with one attached hydrogen (secondary N) is 1. The van der Waals surface area contributed by atoms with Crippen molar-refractivity contribution in [3.63, 3.8) is 0 Å². The fourth-order valence-electron chi connectivity index (χ4n) is 4.03. The van der Waals surface area contributed by atoms with E-state index in [-0.39, 0.29) is 12.4 Å². The van der Waals surface area contributed by atoms with Gasteiger partial charge in [0.05, 0.1) is 54.1 Å². The van der Waals surface area contributed by atoms with Crippen LogP contribution >= 0.6 is 0 Å². The van der Waals surface area contributed by atoms with E-state index in [4.69, 9.17) is 14.2 Å². The van der Waals surface area contributed by atoms with Crippen LogP contribution < -0.4 is 36.4 Å². The third-order valence-corrected chi connectivity index (χ3v) is 5.68. The number of ether oxygens (including phenoxy) is 3. The Bertz CT molecular complexity index is 751. The highest BCUT2D eigenvalue weighted by Gasteiger charge is 2.22. The zero-order chi connectivity index (χ0) is 19.9. The standard InChI is InChI=1S/C23H32N2O3.ClH/c1-5-19-8-6-7-9-20(19)25-14-12-24(13-15-25)11-10-18-16-21(26-2)23(28-4)22(17-18)27-3;/h6-9,16-17H,5,10-15H2,1-4H3;1H. The molecule has 0 saturated carbocycles. The van der Waals surface area contributed by atoms with Crippen LogP contribution in [0, 0.1) is 0 Å². The smallest absolute Gasteiger partial charge is 0.203 e. The van der Waals surface area contributed by atoms with Crippen LogP contribution in [0.5, 0.6) is 17.2 Å². The molecule has 0 aromatic heterocycles. The molecule has 0 aliphatic carbocycles. The van der Waals surface area contributed by atoms with Crippen molar-refractivity contribution in [1.29, 1.82) is 0 Å². The lowest BCUT2D eigenvalue weighted by Crippen LogP contribution is -3.15. The molecule has 160 valence electrons. The largest absolute Gasteiger partial charge is 1.00 e. The zero-order valence-electron chi connectivity index (χ0n) is 18.0. The van der Waals surface area contributed by atoms with Gasteiger partial charge < -0.3 is 36.4 Å². The van der Waals surface area contributed by atoms with E-state index in [1.54, 1.807) is 26.2 Å². The van der Waals surface area contributed by atoms with E-state index in [0.717, 1.165) is 44.0 Å². The average Bonchev–Trinajstić information content (AvgIpc) is 2.77. The Morgan fingerprint density at radius 1 is 0.931 bits per heavy atom. The molecule has 0 unspecified atom stereocenters. The molecule has 1 fully saturated rings. The molecule has 0 amide bonds. The van der Waals surface area contributed by atoms with Gasteiger partial charge in [-0.1, -0.05) is 25.1 Å². The molecular weight excluding hydrogens is 388 g/mol. The molecule has 2 aromatic rings. The second-order valence-electron chi connectivity index (χ2n) is 7.25. The van der Waals surface area contributed by atoms with Crippen molar-refractivity contribution < 1.29 is 31.5 Å². The molecule has 1 saturated heterocycles. The van der Waals surface area contributed by atoms with E-state index in [2.05, 4.69) is 48.2 Å². The van der Waals surface area contributed by atoms with Crippen molar-refractivity contribution in [3.8, 4) is 17.2 Å². The first-order valence-corrected chi connectivity index (χ1v) is 10.2. The maximum Gasteiger partial charge on any atom is 0.203 e. The van der Waals surface area contributed by atoms with Gasteiger partial charge in [-0.3, -0.25) is 0 Å². The molecule has 1 N–H and O–H groups in total. The highest BCUT2D eigenvalue weighted by Crippen LogP contribution is 2.38. The Kier molecular flexibility index (Phi) is 8.93. The Morgan fingerprint density at radius 2 is 1.55 bits per heavy atom. The van der Waals surface area contributed by atoms with E-state index in [1.807, 2.05) is 0 Å². The van der Waals surface area contributed by atoms with Gasteiger partial charge in [0.2, 0.25) is 5.75 Å². The summed E-state index contributed by atoms with van der Waals surface area (Å²) >= 11 is 0. The highest BCUT2D eigenvalue weighted by molar-refractivity contribution is 5.54. The van der Waals surface area contributed by atoms with Gasteiger partial charge in [0, 0.05) is 12.1 Å². The predicted octanol–water partition coefficient (Wildman–Crippen LogP) is -0.774. The van der Waals surface area contributed by atoms with Gasteiger partial charge in [0.15, 0.2) is 11.5 Å². The number of methoxy groups -OCH3 is 3. The lowest BCUT2D eigenvalue weighted by molar-refractivity contribution is -0.900. The van der Waals surface area contributed by atoms with Crippen LogP contribution in [0.2, 0.25) is 0 Å². The van der Waals surface area contributed by atoms with Gasteiger partial charge in [0.1, 0.15) is 0 Å². The number of halogens is 1. The first kappa shape index (κ1) is 23.2. The molecule has 0 bridgehead atoms. The summed E-state index contributed by atoms with van der Waals surface area (Å²) in [6, 6.07) is 12.9. The fraction of sp³-hybridized carbons (Fsp3) is 0.478. The lowest BCUT2D eigenvalue weighted by Gasteiger charge is -2.34. The maximum atomic E-state index is 5.48. The number of nitrogens with zero attached hydrogens (tertiary/aromatic N) is 1. The second-order valence-corrected chi connectivity index (χ2v) is 7.25. The van der Waals surface area contributed by atoms with Crippen molar-refractivity contribution in [2.75, 3.05) is 59.0 Å². The summed E-state index contributed by atoms with van der Waals surface area (Å²) in [6.07, 6.45) is 2.09. The zero-order valence-corrected chi connectivity index (χ0v) is 18.7. The summed E-state index contributed by atoms with van der Waals surface area (Å²) in [5, 5.41) is 0. The van der Waals surface area contributed by atoms with Crippen molar-refractivity contribution >= 4 is 5.69 Å². The molecule has 6 heteroatoms. The topological polar surface area (TPSA) is 35.4 Å². The van der Waals surface area contributed by atoms with E-state index in [0.29, 0.717) is 5.75 Å². The van der Waals surface area contributed by atoms with Crippen LogP contribution in [0.3, 0.4) is 0 Å². The summed E-state index contributed by atoms with van der Waals surface area (Å²) in [5.41, 5.74) is 4.08. The van der Waals surface area contributed by atoms with E-state index in [1.165, 1.54) is 29.9 Å². The second kappa shape index (κ2) is 11.2. The van der Waals surface area contributed by atoms with E-state index in [9.17, 15) is 0 Å². The Labute approximate surface area is 181 Å².